The summed E-state index contributed by atoms with van der Waals surface area (Å²) in [4.78, 5) is 0. The molecule has 0 aromatic heterocycles. The maximum Gasteiger partial charge on any atom is 0.214 e. The van der Waals surface area contributed by atoms with E-state index >= 15 is 0 Å². The van der Waals surface area contributed by atoms with Crippen LogP contribution in [-0.2, 0) is 10.0 Å². The zero-order chi connectivity index (χ0) is 14.6. The molecule has 0 aromatic rings. The lowest BCUT2D eigenvalue weighted by molar-refractivity contribution is 0.212. The largest absolute Gasteiger partial charge is 0.329 e. The monoisotopic (exact) mass is 278 g/mol. The second-order valence-corrected chi connectivity index (χ2v) is 8.36. The van der Waals surface area contributed by atoms with Crippen molar-refractivity contribution < 1.29 is 8.42 Å². The highest BCUT2D eigenvalue weighted by Gasteiger charge is 2.36. The predicted octanol–water partition coefficient (Wildman–Crippen LogP) is 2.20. The maximum atomic E-state index is 12.4. The van der Waals surface area contributed by atoms with E-state index in [1.165, 1.54) is 0 Å². The van der Waals surface area contributed by atoms with Gasteiger partial charge in [0.15, 0.2) is 0 Å². The van der Waals surface area contributed by atoms with E-state index in [0.29, 0.717) is 19.5 Å². The summed E-state index contributed by atoms with van der Waals surface area (Å²) in [6, 6.07) is 0. The van der Waals surface area contributed by atoms with Crippen molar-refractivity contribution in [3.63, 3.8) is 0 Å². The maximum absolute atomic E-state index is 12.4. The van der Waals surface area contributed by atoms with E-state index in [2.05, 4.69) is 20.8 Å². The predicted molar refractivity (Wildman–Crippen MR) is 78.0 cm³/mol. The van der Waals surface area contributed by atoms with Crippen molar-refractivity contribution in [3.8, 4) is 0 Å². The van der Waals surface area contributed by atoms with Gasteiger partial charge in [-0.1, -0.05) is 34.6 Å². The lowest BCUT2D eigenvalue weighted by atomic mass is 9.94. The average Bonchev–Trinajstić information content (AvgIpc) is 2.26. The molecule has 110 valence electrons. The van der Waals surface area contributed by atoms with Gasteiger partial charge >= 0.3 is 0 Å². The smallest absolute Gasteiger partial charge is 0.214 e. The Hall–Kier alpha value is -0.130. The quantitative estimate of drug-likeness (QED) is 0.776. The molecule has 0 aliphatic rings. The van der Waals surface area contributed by atoms with Gasteiger partial charge in [0.25, 0.3) is 0 Å². The molecule has 0 aliphatic carbocycles. The molecule has 1 atom stereocenters. The highest BCUT2D eigenvalue weighted by Crippen LogP contribution is 2.25. The van der Waals surface area contributed by atoms with Crippen LogP contribution >= 0.6 is 0 Å². The first-order chi connectivity index (χ1) is 8.02. The van der Waals surface area contributed by atoms with Gasteiger partial charge in [0, 0.05) is 18.6 Å². The van der Waals surface area contributed by atoms with Gasteiger partial charge in [0.2, 0.25) is 10.0 Å². The minimum atomic E-state index is -3.23. The number of rotatable bonds is 7. The second kappa shape index (κ2) is 6.35. The summed E-state index contributed by atoms with van der Waals surface area (Å²) in [5, 5.41) is 0. The van der Waals surface area contributed by atoms with Gasteiger partial charge in [-0.3, -0.25) is 0 Å². The summed E-state index contributed by atoms with van der Waals surface area (Å²) < 4.78 is 26.5. The summed E-state index contributed by atoms with van der Waals surface area (Å²) in [5.74, 6) is 0.194. The van der Waals surface area contributed by atoms with Crippen LogP contribution in [0.25, 0.3) is 0 Å². The standard InChI is InChI=1S/C13H30N2O2S/c1-7-13(6,11-14)15(8-2)18(16,17)10-9-12(3,4)5/h7-11,14H2,1-6H3. The van der Waals surface area contributed by atoms with Crippen molar-refractivity contribution >= 4 is 10.0 Å². The summed E-state index contributed by atoms with van der Waals surface area (Å²) >= 11 is 0. The summed E-state index contributed by atoms with van der Waals surface area (Å²) in [5.41, 5.74) is 5.33. The summed E-state index contributed by atoms with van der Waals surface area (Å²) in [7, 11) is -3.23. The fraction of sp³-hybridized carbons (Fsp3) is 1.00. The van der Waals surface area contributed by atoms with Crippen molar-refractivity contribution in [1.29, 1.82) is 0 Å². The van der Waals surface area contributed by atoms with Crippen LogP contribution in [0.4, 0.5) is 0 Å². The van der Waals surface area contributed by atoms with Gasteiger partial charge < -0.3 is 5.73 Å². The van der Waals surface area contributed by atoms with Gasteiger partial charge in [0.05, 0.1) is 5.75 Å². The Morgan fingerprint density at radius 2 is 1.61 bits per heavy atom. The fourth-order valence-electron chi connectivity index (χ4n) is 1.88. The van der Waals surface area contributed by atoms with E-state index < -0.39 is 15.6 Å². The molecule has 0 heterocycles. The minimum Gasteiger partial charge on any atom is -0.329 e. The van der Waals surface area contributed by atoms with E-state index in [-0.39, 0.29) is 11.2 Å². The van der Waals surface area contributed by atoms with Crippen molar-refractivity contribution in [2.75, 3.05) is 18.8 Å². The fourth-order valence-corrected chi connectivity index (χ4v) is 4.24. The van der Waals surface area contributed by atoms with Crippen molar-refractivity contribution in [2.45, 2.75) is 59.9 Å². The van der Waals surface area contributed by atoms with Crippen LogP contribution in [0, 0.1) is 5.41 Å². The SMILES string of the molecule is CCN(C(C)(CC)CN)S(=O)(=O)CCC(C)(C)C. The van der Waals surface area contributed by atoms with Crippen LogP contribution in [0.15, 0.2) is 0 Å². The van der Waals surface area contributed by atoms with Gasteiger partial charge in [-0.15, -0.1) is 0 Å². The van der Waals surface area contributed by atoms with E-state index in [1.54, 1.807) is 4.31 Å². The molecule has 4 nitrogen and oxygen atoms in total. The Labute approximate surface area is 113 Å². The number of sulfonamides is 1. The molecule has 0 saturated heterocycles. The molecule has 0 rings (SSSR count). The van der Waals surface area contributed by atoms with Crippen molar-refractivity contribution in [3.05, 3.63) is 0 Å². The van der Waals surface area contributed by atoms with Crippen LogP contribution in [0.2, 0.25) is 0 Å². The van der Waals surface area contributed by atoms with Crippen LogP contribution in [0.3, 0.4) is 0 Å². The molecule has 2 N–H and O–H groups in total. The van der Waals surface area contributed by atoms with E-state index in [1.807, 2.05) is 20.8 Å². The molecule has 0 aliphatic heterocycles. The summed E-state index contributed by atoms with van der Waals surface area (Å²) in [6.07, 6.45) is 1.39. The molecular formula is C13H30N2O2S. The third kappa shape index (κ3) is 4.86. The topological polar surface area (TPSA) is 63.4 Å². The Balaban J connectivity index is 5.05. The average molecular weight is 278 g/mol. The summed E-state index contributed by atoms with van der Waals surface area (Å²) in [6.45, 7) is 12.8. The van der Waals surface area contributed by atoms with Gasteiger partial charge in [-0.05, 0) is 25.2 Å². The van der Waals surface area contributed by atoms with Crippen LogP contribution in [0.1, 0.15) is 54.4 Å². The first kappa shape index (κ1) is 17.9. The first-order valence-corrected chi connectivity index (χ1v) is 8.34. The molecule has 0 bridgehead atoms. The van der Waals surface area contributed by atoms with E-state index in [4.69, 9.17) is 5.73 Å². The molecule has 0 radical (unpaired) electrons. The number of hydrogen-bond acceptors (Lipinski definition) is 3. The van der Waals surface area contributed by atoms with Crippen molar-refractivity contribution in [1.82, 2.24) is 4.31 Å². The Bertz CT molecular complexity index is 340. The Morgan fingerprint density at radius 3 is 1.89 bits per heavy atom. The Kier molecular flexibility index (Phi) is 6.30. The second-order valence-electron chi connectivity index (χ2n) is 6.35. The van der Waals surface area contributed by atoms with Gasteiger partial charge in [0.1, 0.15) is 0 Å². The molecule has 5 heteroatoms. The van der Waals surface area contributed by atoms with Gasteiger partial charge in [-0.2, -0.15) is 4.31 Å². The number of nitrogens with two attached hydrogens (primary N) is 1. The van der Waals surface area contributed by atoms with Gasteiger partial charge in [-0.25, -0.2) is 8.42 Å². The van der Waals surface area contributed by atoms with E-state index in [9.17, 15) is 8.42 Å². The lowest BCUT2D eigenvalue weighted by Crippen LogP contribution is -2.54. The molecule has 0 aromatic carbocycles. The number of likely N-dealkylation sites (N-methyl/N-ethyl adjacent to an activating group) is 1. The normalized spacial score (nSPS) is 16.9. The highest BCUT2D eigenvalue weighted by atomic mass is 32.2. The molecule has 0 spiro atoms. The molecule has 0 saturated carbocycles. The zero-order valence-corrected chi connectivity index (χ0v) is 13.6. The first-order valence-electron chi connectivity index (χ1n) is 6.73. The molecular weight excluding hydrogens is 248 g/mol. The lowest BCUT2D eigenvalue weighted by Gasteiger charge is -2.38. The molecule has 0 amide bonds. The molecule has 0 fully saturated rings. The van der Waals surface area contributed by atoms with Crippen LogP contribution in [-0.4, -0.2) is 37.1 Å². The van der Waals surface area contributed by atoms with E-state index in [0.717, 1.165) is 6.42 Å². The number of hydrogen-bond donors (Lipinski definition) is 1. The Morgan fingerprint density at radius 1 is 1.11 bits per heavy atom. The highest BCUT2D eigenvalue weighted by molar-refractivity contribution is 7.89. The van der Waals surface area contributed by atoms with Crippen LogP contribution < -0.4 is 5.73 Å². The third-order valence-electron chi connectivity index (χ3n) is 3.54. The van der Waals surface area contributed by atoms with Crippen molar-refractivity contribution in [2.24, 2.45) is 11.1 Å². The molecule has 18 heavy (non-hydrogen) atoms. The number of nitrogens with zero attached hydrogens (tertiary/aromatic N) is 1. The molecule has 1 unspecified atom stereocenters. The minimum absolute atomic E-state index is 0.0256. The van der Waals surface area contributed by atoms with Crippen LogP contribution in [0.5, 0.6) is 0 Å². The zero-order valence-electron chi connectivity index (χ0n) is 12.8. The third-order valence-corrected chi connectivity index (χ3v) is 5.63.